The Hall–Kier alpha value is -2.65. The summed E-state index contributed by atoms with van der Waals surface area (Å²) in [5.41, 5.74) is 1.17. The van der Waals surface area contributed by atoms with E-state index in [0.717, 1.165) is 45.2 Å². The van der Waals surface area contributed by atoms with Gasteiger partial charge in [-0.3, -0.25) is 19.6 Å². The van der Waals surface area contributed by atoms with E-state index < -0.39 is 17.7 Å². The second-order valence-corrected chi connectivity index (χ2v) is 9.21. The van der Waals surface area contributed by atoms with E-state index >= 15 is 0 Å². The van der Waals surface area contributed by atoms with Gasteiger partial charge in [-0.2, -0.15) is 13.2 Å². The van der Waals surface area contributed by atoms with Crippen molar-refractivity contribution >= 4 is 11.7 Å². The van der Waals surface area contributed by atoms with Gasteiger partial charge in [0.05, 0.1) is 5.56 Å². The van der Waals surface area contributed by atoms with Gasteiger partial charge in [-0.05, 0) is 61.2 Å². The number of hydrogen-bond acceptors (Lipinski definition) is 5. The monoisotopic (exact) mass is 476 g/mol. The Labute approximate surface area is 198 Å². The molecule has 0 spiro atoms. The molecule has 6 nitrogen and oxygen atoms in total. The third kappa shape index (κ3) is 6.27. The van der Waals surface area contributed by atoms with Gasteiger partial charge in [0.15, 0.2) is 0 Å². The predicted octanol–water partition coefficient (Wildman–Crippen LogP) is 3.98. The van der Waals surface area contributed by atoms with Gasteiger partial charge in [0.1, 0.15) is 0 Å². The number of pyridine rings is 1. The van der Waals surface area contributed by atoms with Crippen LogP contribution in [0, 0.1) is 5.92 Å². The molecule has 1 aromatic heterocycles. The molecule has 9 heteroatoms. The Kier molecular flexibility index (Phi) is 7.73. The van der Waals surface area contributed by atoms with Crippen molar-refractivity contribution < 1.29 is 23.1 Å². The number of piperidine rings is 1. The lowest BCUT2D eigenvalue weighted by Crippen LogP contribution is -2.56. The van der Waals surface area contributed by atoms with Crippen LogP contribution in [0.15, 0.2) is 48.8 Å². The fourth-order valence-corrected chi connectivity index (χ4v) is 5.25. The van der Waals surface area contributed by atoms with Crippen LogP contribution < -0.4 is 4.90 Å². The number of likely N-dealkylation sites (tertiary alicyclic amines) is 1. The smallest absolute Gasteiger partial charge is 0.416 e. The number of carboxylic acid groups (broad SMARTS) is 1. The summed E-state index contributed by atoms with van der Waals surface area (Å²) in [7, 11) is 0. The number of alkyl halides is 3. The van der Waals surface area contributed by atoms with E-state index in [0.29, 0.717) is 25.2 Å². The lowest BCUT2D eigenvalue weighted by Gasteiger charge is -2.47. The van der Waals surface area contributed by atoms with E-state index in [1.807, 2.05) is 17.0 Å². The number of piperazine rings is 1. The standard InChI is InChI=1S/C25H31F3N4O2/c26-25(27,28)21-2-1-3-22(16-21)31-12-14-32(15-13-31)23-8-11-30(17-19-6-9-29-10-7-19)18-20(23)4-5-24(33)34/h1-3,6-7,9-10,16,20,23H,4-5,8,11-15,17-18H2,(H,33,34)/t20-,23+/m1/s1. The van der Waals surface area contributed by atoms with Gasteiger partial charge in [0, 0.05) is 69.8 Å². The topological polar surface area (TPSA) is 59.9 Å². The zero-order valence-corrected chi connectivity index (χ0v) is 19.1. The maximum Gasteiger partial charge on any atom is 0.416 e. The van der Waals surface area contributed by atoms with Gasteiger partial charge < -0.3 is 10.0 Å². The van der Waals surface area contributed by atoms with Crippen molar-refractivity contribution in [3.05, 3.63) is 59.9 Å². The molecule has 3 heterocycles. The quantitative estimate of drug-likeness (QED) is 0.653. The Morgan fingerprint density at radius 1 is 1.06 bits per heavy atom. The molecule has 0 aliphatic carbocycles. The van der Waals surface area contributed by atoms with Crippen molar-refractivity contribution in [1.29, 1.82) is 0 Å². The van der Waals surface area contributed by atoms with Crippen molar-refractivity contribution in [3.63, 3.8) is 0 Å². The van der Waals surface area contributed by atoms with Crippen LogP contribution in [0.5, 0.6) is 0 Å². The van der Waals surface area contributed by atoms with E-state index in [1.54, 1.807) is 18.5 Å². The molecule has 2 fully saturated rings. The zero-order valence-electron chi connectivity index (χ0n) is 19.1. The summed E-state index contributed by atoms with van der Waals surface area (Å²) in [6, 6.07) is 9.83. The van der Waals surface area contributed by atoms with Crippen molar-refractivity contribution in [2.45, 2.75) is 38.0 Å². The van der Waals surface area contributed by atoms with Gasteiger partial charge in [-0.15, -0.1) is 0 Å². The van der Waals surface area contributed by atoms with Crippen LogP contribution in [0.3, 0.4) is 0 Å². The fraction of sp³-hybridized carbons (Fsp3) is 0.520. The molecule has 1 aromatic carbocycles. The van der Waals surface area contributed by atoms with Crippen molar-refractivity contribution in [2.75, 3.05) is 44.2 Å². The number of aromatic nitrogens is 1. The summed E-state index contributed by atoms with van der Waals surface area (Å²) in [5.74, 6) is -0.536. The number of nitrogens with zero attached hydrogens (tertiary/aromatic N) is 4. The lowest BCUT2D eigenvalue weighted by molar-refractivity contribution is -0.138. The van der Waals surface area contributed by atoms with Gasteiger partial charge in [-0.25, -0.2) is 0 Å². The first-order valence-electron chi connectivity index (χ1n) is 11.8. The average molecular weight is 477 g/mol. The maximum atomic E-state index is 13.1. The molecule has 0 unspecified atom stereocenters. The first-order chi connectivity index (χ1) is 16.3. The van der Waals surface area contributed by atoms with Crippen LogP contribution in [-0.2, 0) is 17.5 Å². The summed E-state index contributed by atoms with van der Waals surface area (Å²) in [4.78, 5) is 22.2. The highest BCUT2D eigenvalue weighted by Gasteiger charge is 2.35. The first-order valence-corrected chi connectivity index (χ1v) is 11.8. The van der Waals surface area contributed by atoms with Gasteiger partial charge in [0.2, 0.25) is 0 Å². The second kappa shape index (κ2) is 10.7. The number of anilines is 1. The molecule has 2 atom stereocenters. The fourth-order valence-electron chi connectivity index (χ4n) is 5.25. The van der Waals surface area contributed by atoms with Gasteiger partial charge in [-0.1, -0.05) is 6.07 Å². The normalized spacial score (nSPS) is 22.6. The Morgan fingerprint density at radius 2 is 1.79 bits per heavy atom. The van der Waals surface area contributed by atoms with Crippen LogP contribution in [0.4, 0.5) is 18.9 Å². The number of benzene rings is 1. The summed E-state index contributed by atoms with van der Waals surface area (Å²) >= 11 is 0. The molecule has 0 bridgehead atoms. The molecular weight excluding hydrogens is 445 g/mol. The summed E-state index contributed by atoms with van der Waals surface area (Å²) in [6.45, 7) is 5.43. The molecule has 0 amide bonds. The second-order valence-electron chi connectivity index (χ2n) is 9.21. The third-order valence-electron chi connectivity index (χ3n) is 6.98. The Morgan fingerprint density at radius 3 is 2.47 bits per heavy atom. The third-order valence-corrected chi connectivity index (χ3v) is 6.98. The molecule has 0 saturated carbocycles. The molecule has 2 saturated heterocycles. The Balaban J connectivity index is 1.38. The molecule has 34 heavy (non-hydrogen) atoms. The molecule has 2 aliphatic rings. The summed E-state index contributed by atoms with van der Waals surface area (Å²) in [6.07, 6.45) is 0.954. The molecule has 0 radical (unpaired) electrons. The van der Waals surface area contributed by atoms with E-state index in [4.69, 9.17) is 0 Å². The predicted molar refractivity (Wildman–Crippen MR) is 124 cm³/mol. The molecule has 184 valence electrons. The number of halogens is 3. The average Bonchev–Trinajstić information content (AvgIpc) is 2.83. The minimum Gasteiger partial charge on any atom is -0.481 e. The van der Waals surface area contributed by atoms with Gasteiger partial charge in [0.25, 0.3) is 0 Å². The van der Waals surface area contributed by atoms with Crippen molar-refractivity contribution in [2.24, 2.45) is 5.92 Å². The van der Waals surface area contributed by atoms with Crippen molar-refractivity contribution in [1.82, 2.24) is 14.8 Å². The lowest BCUT2D eigenvalue weighted by atomic mass is 9.86. The highest BCUT2D eigenvalue weighted by atomic mass is 19.4. The minimum absolute atomic E-state index is 0.147. The SMILES string of the molecule is O=C(O)CC[C@@H]1CN(Cc2ccncc2)CC[C@@H]1N1CCN(c2cccc(C(F)(F)F)c2)CC1. The molecule has 4 rings (SSSR count). The molecule has 2 aromatic rings. The van der Waals surface area contributed by atoms with Crippen molar-refractivity contribution in [3.8, 4) is 0 Å². The van der Waals surface area contributed by atoms with Crippen LogP contribution in [0.1, 0.15) is 30.4 Å². The molecule has 2 aliphatic heterocycles. The summed E-state index contributed by atoms with van der Waals surface area (Å²) in [5, 5.41) is 9.26. The highest BCUT2D eigenvalue weighted by molar-refractivity contribution is 5.66. The Bertz CT molecular complexity index is 949. The number of carbonyl (C=O) groups is 1. The highest BCUT2D eigenvalue weighted by Crippen LogP contribution is 2.33. The van der Waals surface area contributed by atoms with Crippen LogP contribution >= 0.6 is 0 Å². The van der Waals surface area contributed by atoms with Crippen LogP contribution in [0.2, 0.25) is 0 Å². The van der Waals surface area contributed by atoms with E-state index in [2.05, 4.69) is 14.8 Å². The largest absolute Gasteiger partial charge is 0.481 e. The minimum atomic E-state index is -4.35. The number of aliphatic carboxylic acids is 1. The number of carboxylic acids is 1. The molecule has 1 N–H and O–H groups in total. The maximum absolute atomic E-state index is 13.1. The van der Waals surface area contributed by atoms with Gasteiger partial charge >= 0.3 is 12.1 Å². The zero-order chi connectivity index (χ0) is 24.1. The number of hydrogen-bond donors (Lipinski definition) is 1. The van der Waals surface area contributed by atoms with E-state index in [9.17, 15) is 23.1 Å². The molecular formula is C25H31F3N4O2. The van der Waals surface area contributed by atoms with E-state index in [-0.39, 0.29) is 18.4 Å². The number of rotatable bonds is 7. The van der Waals surface area contributed by atoms with E-state index in [1.165, 1.54) is 17.7 Å². The van der Waals surface area contributed by atoms with Crippen LogP contribution in [-0.4, -0.2) is 71.2 Å². The van der Waals surface area contributed by atoms with Crippen LogP contribution in [0.25, 0.3) is 0 Å². The summed E-state index contributed by atoms with van der Waals surface area (Å²) < 4.78 is 39.3. The first kappa shape index (κ1) is 24.5.